The van der Waals surface area contributed by atoms with E-state index >= 15 is 0 Å². The molecular formula is C15H18N2O4. The molecule has 0 aliphatic carbocycles. The fraction of sp³-hybridized carbons (Fsp3) is 0.467. The first-order valence-electron chi connectivity index (χ1n) is 6.93. The molecule has 1 amide bonds. The Bertz CT molecular complexity index is 603. The molecule has 1 aromatic rings. The number of carbonyl (C=O) groups is 2. The molecule has 1 fully saturated rings. The molecule has 21 heavy (non-hydrogen) atoms. The number of hydrogen-bond acceptors (Lipinski definition) is 4. The van der Waals surface area contributed by atoms with Crippen molar-refractivity contribution in [2.75, 3.05) is 18.1 Å². The Morgan fingerprint density at radius 3 is 2.76 bits per heavy atom. The molecule has 2 aliphatic rings. The van der Waals surface area contributed by atoms with Gasteiger partial charge < -0.3 is 15.6 Å². The zero-order valence-corrected chi connectivity index (χ0v) is 11.8. The summed E-state index contributed by atoms with van der Waals surface area (Å²) in [5.41, 5.74) is 6.65. The number of benzene rings is 1. The van der Waals surface area contributed by atoms with Crippen LogP contribution >= 0.6 is 0 Å². The van der Waals surface area contributed by atoms with Gasteiger partial charge in [-0.25, -0.2) is 4.79 Å². The van der Waals surface area contributed by atoms with E-state index < -0.39 is 23.5 Å². The van der Waals surface area contributed by atoms with Crippen molar-refractivity contribution in [2.45, 2.75) is 25.4 Å². The van der Waals surface area contributed by atoms with E-state index in [0.717, 1.165) is 5.56 Å². The highest BCUT2D eigenvalue weighted by Gasteiger charge is 2.50. The molecule has 0 aromatic heterocycles. The smallest absolute Gasteiger partial charge is 0.327 e. The molecule has 0 spiro atoms. The first-order valence-corrected chi connectivity index (χ1v) is 6.93. The summed E-state index contributed by atoms with van der Waals surface area (Å²) in [5.74, 6) is -1.28. The summed E-state index contributed by atoms with van der Waals surface area (Å²) in [4.78, 5) is 25.9. The van der Waals surface area contributed by atoms with E-state index in [1.165, 1.54) is 4.90 Å². The molecule has 3 N–H and O–H groups in total. The van der Waals surface area contributed by atoms with E-state index in [2.05, 4.69) is 0 Å². The van der Waals surface area contributed by atoms with Gasteiger partial charge in [0.2, 0.25) is 5.91 Å². The van der Waals surface area contributed by atoms with Crippen molar-refractivity contribution in [2.24, 2.45) is 11.1 Å². The van der Waals surface area contributed by atoms with Crippen LogP contribution < -0.4 is 10.6 Å². The lowest BCUT2D eigenvalue weighted by atomic mass is 9.84. The van der Waals surface area contributed by atoms with Crippen LogP contribution in [-0.2, 0) is 20.7 Å². The van der Waals surface area contributed by atoms with Crippen LogP contribution in [-0.4, -0.2) is 42.3 Å². The predicted octanol–water partition coefficient (Wildman–Crippen LogP) is 0.393. The van der Waals surface area contributed by atoms with Gasteiger partial charge in [-0.1, -0.05) is 18.2 Å². The SMILES string of the molecule is CC1(C(=O)N2c3ccccc3C[C@H]2C(=O)O)COCC1N. The molecule has 3 atom stereocenters. The maximum Gasteiger partial charge on any atom is 0.327 e. The molecule has 2 unspecified atom stereocenters. The summed E-state index contributed by atoms with van der Waals surface area (Å²) in [6.45, 7) is 2.28. The summed E-state index contributed by atoms with van der Waals surface area (Å²) in [7, 11) is 0. The van der Waals surface area contributed by atoms with Gasteiger partial charge >= 0.3 is 5.97 Å². The van der Waals surface area contributed by atoms with Crippen LogP contribution in [0.2, 0.25) is 0 Å². The summed E-state index contributed by atoms with van der Waals surface area (Å²) >= 11 is 0. The van der Waals surface area contributed by atoms with Crippen LogP contribution in [0.5, 0.6) is 0 Å². The zero-order chi connectivity index (χ0) is 15.2. The van der Waals surface area contributed by atoms with E-state index in [9.17, 15) is 14.7 Å². The van der Waals surface area contributed by atoms with Crippen molar-refractivity contribution in [3.8, 4) is 0 Å². The summed E-state index contributed by atoms with van der Waals surface area (Å²) in [6.07, 6.45) is 0.323. The third kappa shape index (κ3) is 2.02. The van der Waals surface area contributed by atoms with Gasteiger partial charge in [0.05, 0.1) is 18.6 Å². The second-order valence-corrected chi connectivity index (χ2v) is 5.90. The number of carbonyl (C=O) groups excluding carboxylic acids is 1. The molecule has 2 heterocycles. The topological polar surface area (TPSA) is 92.9 Å². The number of nitrogens with two attached hydrogens (primary N) is 1. The van der Waals surface area contributed by atoms with Gasteiger partial charge in [-0.2, -0.15) is 0 Å². The number of nitrogens with zero attached hydrogens (tertiary/aromatic N) is 1. The number of para-hydroxylation sites is 1. The number of amides is 1. The molecule has 0 radical (unpaired) electrons. The van der Waals surface area contributed by atoms with Crippen LogP contribution in [0, 0.1) is 5.41 Å². The fourth-order valence-electron chi connectivity index (χ4n) is 3.02. The maximum atomic E-state index is 13.0. The number of rotatable bonds is 2. The molecule has 3 rings (SSSR count). The lowest BCUT2D eigenvalue weighted by Crippen LogP contribution is -2.55. The number of aliphatic carboxylic acids is 1. The third-order valence-corrected chi connectivity index (χ3v) is 4.49. The second kappa shape index (κ2) is 4.82. The highest BCUT2D eigenvalue weighted by molar-refractivity contribution is 6.05. The monoisotopic (exact) mass is 290 g/mol. The average molecular weight is 290 g/mol. The predicted molar refractivity (Wildman–Crippen MR) is 76.0 cm³/mol. The van der Waals surface area contributed by atoms with E-state index in [1.807, 2.05) is 12.1 Å². The molecule has 2 aliphatic heterocycles. The minimum Gasteiger partial charge on any atom is -0.480 e. The number of ether oxygens (including phenoxy) is 1. The Balaban J connectivity index is 2.02. The van der Waals surface area contributed by atoms with E-state index in [0.29, 0.717) is 18.7 Å². The average Bonchev–Trinajstić information content (AvgIpc) is 3.00. The number of fused-ring (bicyclic) bond motifs is 1. The standard InChI is InChI=1S/C15H18N2O4/c1-15(8-21-7-12(15)16)14(20)17-10-5-3-2-4-9(10)6-11(17)13(18)19/h2-5,11-12H,6-8,16H2,1H3,(H,18,19)/t11-,12?,15?/m0/s1. The molecule has 1 saturated heterocycles. The minimum absolute atomic E-state index is 0.220. The number of anilines is 1. The van der Waals surface area contributed by atoms with E-state index in [1.54, 1.807) is 19.1 Å². The van der Waals surface area contributed by atoms with Crippen LogP contribution in [0.25, 0.3) is 0 Å². The Labute approximate surface area is 122 Å². The van der Waals surface area contributed by atoms with Gasteiger partial charge in [0.15, 0.2) is 0 Å². The number of hydrogen-bond donors (Lipinski definition) is 2. The number of carboxylic acids is 1. The Morgan fingerprint density at radius 2 is 2.14 bits per heavy atom. The van der Waals surface area contributed by atoms with Crippen LogP contribution in [0.3, 0.4) is 0 Å². The molecule has 1 aromatic carbocycles. The Morgan fingerprint density at radius 1 is 1.43 bits per heavy atom. The van der Waals surface area contributed by atoms with Gasteiger partial charge in [-0.05, 0) is 18.6 Å². The highest BCUT2D eigenvalue weighted by Crippen LogP contribution is 2.38. The quantitative estimate of drug-likeness (QED) is 0.822. The van der Waals surface area contributed by atoms with Crippen molar-refractivity contribution < 1.29 is 19.4 Å². The van der Waals surface area contributed by atoms with Crippen molar-refractivity contribution in [1.82, 2.24) is 0 Å². The van der Waals surface area contributed by atoms with Crippen LogP contribution in [0.4, 0.5) is 5.69 Å². The third-order valence-electron chi connectivity index (χ3n) is 4.49. The van der Waals surface area contributed by atoms with Gasteiger partial charge in [-0.15, -0.1) is 0 Å². The molecule has 0 saturated carbocycles. The van der Waals surface area contributed by atoms with E-state index in [4.69, 9.17) is 10.5 Å². The van der Waals surface area contributed by atoms with Gasteiger partial charge in [-0.3, -0.25) is 9.69 Å². The van der Waals surface area contributed by atoms with Gasteiger partial charge in [0.1, 0.15) is 6.04 Å². The zero-order valence-electron chi connectivity index (χ0n) is 11.8. The first kappa shape index (κ1) is 14.0. The molecular weight excluding hydrogens is 272 g/mol. The maximum absolute atomic E-state index is 13.0. The highest BCUT2D eigenvalue weighted by atomic mass is 16.5. The summed E-state index contributed by atoms with van der Waals surface area (Å²) in [6, 6.07) is 5.98. The van der Waals surface area contributed by atoms with Crippen molar-refractivity contribution >= 4 is 17.6 Å². The molecule has 112 valence electrons. The van der Waals surface area contributed by atoms with Crippen LogP contribution in [0.1, 0.15) is 12.5 Å². The van der Waals surface area contributed by atoms with Crippen LogP contribution in [0.15, 0.2) is 24.3 Å². The van der Waals surface area contributed by atoms with Gasteiger partial charge in [0.25, 0.3) is 0 Å². The summed E-state index contributed by atoms with van der Waals surface area (Å²) < 4.78 is 5.32. The van der Waals surface area contributed by atoms with E-state index in [-0.39, 0.29) is 12.5 Å². The fourth-order valence-corrected chi connectivity index (χ4v) is 3.02. The van der Waals surface area contributed by atoms with Crippen molar-refractivity contribution in [3.63, 3.8) is 0 Å². The number of carboxylic acid groups (broad SMARTS) is 1. The molecule has 0 bridgehead atoms. The van der Waals surface area contributed by atoms with Gasteiger partial charge in [0, 0.05) is 18.2 Å². The lowest BCUT2D eigenvalue weighted by molar-refractivity contribution is -0.141. The molecule has 6 heteroatoms. The summed E-state index contributed by atoms with van der Waals surface area (Å²) in [5, 5.41) is 9.44. The van der Waals surface area contributed by atoms with Crippen molar-refractivity contribution in [3.05, 3.63) is 29.8 Å². The minimum atomic E-state index is -1.00. The normalized spacial score (nSPS) is 31.2. The Kier molecular flexibility index (Phi) is 3.22. The molecule has 6 nitrogen and oxygen atoms in total. The van der Waals surface area contributed by atoms with Crippen molar-refractivity contribution in [1.29, 1.82) is 0 Å². The Hall–Kier alpha value is -1.92. The first-order chi connectivity index (χ1) is 9.95. The second-order valence-electron chi connectivity index (χ2n) is 5.90. The largest absolute Gasteiger partial charge is 0.480 e. The lowest BCUT2D eigenvalue weighted by Gasteiger charge is -2.33.